The van der Waals surface area contributed by atoms with E-state index in [1.807, 2.05) is 91.0 Å². The average molecular weight is 810 g/mol. The summed E-state index contributed by atoms with van der Waals surface area (Å²) in [7, 11) is 1.14. The van der Waals surface area contributed by atoms with Crippen LogP contribution in [0.5, 0.6) is 5.75 Å². The molecule has 12 nitrogen and oxygen atoms in total. The molecular weight excluding hydrogens is 774 g/mol. The minimum absolute atomic E-state index is 0.0756. The zero-order chi connectivity index (χ0) is 39.2. The number of methoxy groups -OCH3 is 1. The Balaban J connectivity index is 1.12. The number of hydrogen-bond donors (Lipinski definition) is 2. The Kier molecular flexibility index (Phi) is 11.6. The second-order valence-corrected chi connectivity index (χ2v) is 15.4. The number of benzene rings is 4. The summed E-state index contributed by atoms with van der Waals surface area (Å²) in [5.41, 5.74) is 2.90. The third-order valence-corrected chi connectivity index (χ3v) is 12.2. The summed E-state index contributed by atoms with van der Waals surface area (Å²) in [5.74, 6) is -1.80. The molecule has 15 heteroatoms. The van der Waals surface area contributed by atoms with E-state index in [4.69, 9.17) is 30.9 Å². The number of β-lactam (4-membered cyclic amide) rings is 1. The van der Waals surface area contributed by atoms with Gasteiger partial charge in [-0.1, -0.05) is 108 Å². The van der Waals surface area contributed by atoms with Gasteiger partial charge in [0.2, 0.25) is 0 Å². The number of hydrogen-bond acceptors (Lipinski definition) is 11. The van der Waals surface area contributed by atoms with Crippen LogP contribution in [0.4, 0.5) is 5.13 Å². The molecule has 1 fully saturated rings. The molecular formula is C41H36ClN5O7S2. The molecule has 2 aliphatic heterocycles. The highest BCUT2D eigenvalue weighted by atomic mass is 35.5. The van der Waals surface area contributed by atoms with Crippen molar-refractivity contribution in [2.45, 2.75) is 23.6 Å². The van der Waals surface area contributed by atoms with E-state index in [0.717, 1.165) is 21.6 Å². The van der Waals surface area contributed by atoms with Crippen molar-refractivity contribution >= 4 is 62.4 Å². The molecule has 1 aromatic heterocycles. The number of amides is 2. The van der Waals surface area contributed by atoms with Crippen molar-refractivity contribution in [3.05, 3.63) is 160 Å². The van der Waals surface area contributed by atoms with Crippen LogP contribution in [0.15, 0.2) is 137 Å². The summed E-state index contributed by atoms with van der Waals surface area (Å²) in [6.07, 6.45) is 0. The number of anilines is 1. The SMILES string of the molecule is CO/N=C(\C(=O)NC1C(=O)N2C(C(=O)OCc3ccc(OC)cc3)=C(CCl)CS(=O)[C@H]12)c1csc(NC(c2ccccc2)(c2ccccc2)c2ccccc2)n1. The van der Waals surface area contributed by atoms with Crippen LogP contribution in [-0.4, -0.2) is 74.9 Å². The summed E-state index contributed by atoms with van der Waals surface area (Å²) in [6, 6.07) is 35.7. The zero-order valence-corrected chi connectivity index (χ0v) is 32.6. The molecule has 2 unspecified atom stereocenters. The van der Waals surface area contributed by atoms with E-state index in [9.17, 15) is 18.6 Å². The molecule has 56 heavy (non-hydrogen) atoms. The van der Waals surface area contributed by atoms with Gasteiger partial charge in [0.25, 0.3) is 11.8 Å². The van der Waals surface area contributed by atoms with E-state index in [0.29, 0.717) is 22.0 Å². The fourth-order valence-electron chi connectivity index (χ4n) is 6.77. The number of nitrogens with one attached hydrogen (secondary N) is 2. The second-order valence-electron chi connectivity index (χ2n) is 12.7. The molecule has 3 atom stereocenters. The number of aromatic nitrogens is 1. The van der Waals surface area contributed by atoms with Crippen LogP contribution in [0.3, 0.4) is 0 Å². The number of ether oxygens (including phenoxy) is 2. The molecule has 0 saturated carbocycles. The van der Waals surface area contributed by atoms with Gasteiger partial charge in [0, 0.05) is 11.3 Å². The van der Waals surface area contributed by atoms with Gasteiger partial charge >= 0.3 is 5.97 Å². The van der Waals surface area contributed by atoms with Crippen molar-refractivity contribution in [2.24, 2.45) is 5.16 Å². The van der Waals surface area contributed by atoms with E-state index in [2.05, 4.69) is 15.8 Å². The highest BCUT2D eigenvalue weighted by Crippen LogP contribution is 2.41. The highest BCUT2D eigenvalue weighted by molar-refractivity contribution is 7.86. The maximum atomic E-state index is 13.9. The Bertz CT molecular complexity index is 2210. The summed E-state index contributed by atoms with van der Waals surface area (Å²) in [5, 5.41) is 11.4. The number of fused-ring (bicyclic) bond motifs is 1. The number of esters is 1. The van der Waals surface area contributed by atoms with Gasteiger partial charge in [-0.15, -0.1) is 22.9 Å². The highest BCUT2D eigenvalue weighted by Gasteiger charge is 2.57. The molecule has 2 amide bonds. The molecule has 0 radical (unpaired) electrons. The van der Waals surface area contributed by atoms with E-state index < -0.39 is 45.5 Å². The first-order valence-corrected chi connectivity index (χ1v) is 20.2. The third kappa shape index (κ3) is 7.42. The number of nitrogens with zero attached hydrogens (tertiary/aromatic N) is 3. The lowest BCUT2D eigenvalue weighted by Crippen LogP contribution is -2.74. The smallest absolute Gasteiger partial charge is 0.355 e. The minimum atomic E-state index is -1.70. The predicted octanol–water partition coefficient (Wildman–Crippen LogP) is 5.56. The molecule has 0 bridgehead atoms. The normalized spacial score (nSPS) is 18.1. The third-order valence-electron chi connectivity index (χ3n) is 9.43. The van der Waals surface area contributed by atoms with Crippen LogP contribution in [-0.2, 0) is 46.9 Å². The van der Waals surface area contributed by atoms with Gasteiger partial charge in [-0.3, -0.25) is 18.7 Å². The maximum Gasteiger partial charge on any atom is 0.355 e. The summed E-state index contributed by atoms with van der Waals surface area (Å²) >= 11 is 7.43. The molecule has 2 aliphatic rings. The largest absolute Gasteiger partial charge is 0.497 e. The molecule has 4 aromatic carbocycles. The van der Waals surface area contributed by atoms with Crippen molar-refractivity contribution in [3.63, 3.8) is 0 Å². The van der Waals surface area contributed by atoms with E-state index >= 15 is 0 Å². The average Bonchev–Trinajstić information content (AvgIpc) is 3.71. The Morgan fingerprint density at radius 3 is 2.05 bits per heavy atom. The van der Waals surface area contributed by atoms with Gasteiger partial charge in [-0.2, -0.15) is 0 Å². The summed E-state index contributed by atoms with van der Waals surface area (Å²) in [4.78, 5) is 51.9. The molecule has 0 spiro atoms. The Morgan fingerprint density at radius 2 is 1.52 bits per heavy atom. The first kappa shape index (κ1) is 38.4. The molecule has 1 saturated heterocycles. The Morgan fingerprint density at radius 1 is 0.929 bits per heavy atom. The van der Waals surface area contributed by atoms with Crippen LogP contribution in [0.25, 0.3) is 0 Å². The molecule has 0 aliphatic carbocycles. The number of carbonyl (C=O) groups excluding carboxylic acids is 3. The van der Waals surface area contributed by atoms with Gasteiger partial charge in [0.05, 0.1) is 23.7 Å². The molecule has 3 heterocycles. The van der Waals surface area contributed by atoms with Crippen molar-refractivity contribution in [2.75, 3.05) is 31.2 Å². The molecule has 5 aromatic rings. The number of halogens is 1. The second kappa shape index (κ2) is 16.9. The number of rotatable bonds is 14. The van der Waals surface area contributed by atoms with E-state index in [1.54, 1.807) is 36.8 Å². The molecule has 2 N–H and O–H groups in total. The summed E-state index contributed by atoms with van der Waals surface area (Å²) in [6.45, 7) is -0.0810. The van der Waals surface area contributed by atoms with Gasteiger partial charge < -0.3 is 24.9 Å². The van der Waals surface area contributed by atoms with Gasteiger partial charge in [0.1, 0.15) is 47.8 Å². The van der Waals surface area contributed by atoms with Crippen molar-refractivity contribution in [1.29, 1.82) is 0 Å². The standard InChI is InChI=1S/C41H36ClN5O7S2/c1-52-31-20-18-26(19-21-31)23-54-39(50)35-27(22-42)25-56(51)38-34(37(49)47(35)38)44-36(48)33(46-53-2)32-24-55-40(43-32)45-41(28-12-6-3-7-13-28,29-14-8-4-9-15-29)30-16-10-5-11-17-30/h3-21,24,34,38H,22-23,25H2,1-2H3,(H,43,45)(H,44,48)/b46-33-/t34?,38-,56?/m1/s1. The minimum Gasteiger partial charge on any atom is -0.497 e. The lowest BCUT2D eigenvalue weighted by Gasteiger charge is -2.49. The van der Waals surface area contributed by atoms with Gasteiger partial charge in [0.15, 0.2) is 10.8 Å². The number of carbonyl (C=O) groups is 3. The van der Waals surface area contributed by atoms with Gasteiger partial charge in [-0.25, -0.2) is 9.78 Å². The van der Waals surface area contributed by atoms with Crippen molar-refractivity contribution in [1.82, 2.24) is 15.2 Å². The number of thiazole rings is 1. The lowest BCUT2D eigenvalue weighted by molar-refractivity contribution is -0.153. The maximum absolute atomic E-state index is 13.9. The van der Waals surface area contributed by atoms with Crippen LogP contribution in [0.1, 0.15) is 27.9 Å². The topological polar surface area (TPSA) is 149 Å². The van der Waals surface area contributed by atoms with E-state index in [-0.39, 0.29) is 35.3 Å². The molecule has 286 valence electrons. The van der Waals surface area contributed by atoms with E-state index in [1.165, 1.54) is 18.4 Å². The number of alkyl halides is 1. The van der Waals surface area contributed by atoms with Crippen LogP contribution < -0.4 is 15.4 Å². The van der Waals surface area contributed by atoms with Crippen LogP contribution >= 0.6 is 22.9 Å². The Labute approximate surface area is 334 Å². The van der Waals surface area contributed by atoms with Crippen LogP contribution in [0.2, 0.25) is 0 Å². The molecule has 7 rings (SSSR count). The first-order valence-electron chi connectivity index (χ1n) is 17.4. The Hall–Kier alpha value is -5.83. The quantitative estimate of drug-likeness (QED) is 0.0368. The fourth-order valence-corrected chi connectivity index (χ4v) is 9.54. The van der Waals surface area contributed by atoms with Crippen LogP contribution in [0, 0.1) is 0 Å². The van der Waals surface area contributed by atoms with Gasteiger partial charge in [-0.05, 0) is 40.0 Å². The van der Waals surface area contributed by atoms with Crippen molar-refractivity contribution in [3.8, 4) is 5.75 Å². The first-order chi connectivity index (χ1) is 27.3. The number of oxime groups is 1. The predicted molar refractivity (Wildman–Crippen MR) is 215 cm³/mol. The van der Waals surface area contributed by atoms with Crippen molar-refractivity contribution < 1.29 is 32.9 Å². The lowest BCUT2D eigenvalue weighted by atomic mass is 9.77. The summed E-state index contributed by atoms with van der Waals surface area (Å²) < 4.78 is 24.2. The zero-order valence-electron chi connectivity index (χ0n) is 30.2. The fraction of sp³-hybridized carbons (Fsp3) is 0.195. The monoisotopic (exact) mass is 809 g/mol.